The quantitative estimate of drug-likeness (QED) is 0.553. The largest absolute Gasteiger partial charge is 0.481 e. The molecule has 22 heavy (non-hydrogen) atoms. The van der Waals surface area contributed by atoms with E-state index in [2.05, 4.69) is 6.58 Å². The summed E-state index contributed by atoms with van der Waals surface area (Å²) in [6.07, 6.45) is 4.04. The monoisotopic (exact) mass is 308 g/mol. The molecule has 0 aromatic heterocycles. The van der Waals surface area contributed by atoms with E-state index in [-0.39, 0.29) is 24.0 Å². The summed E-state index contributed by atoms with van der Waals surface area (Å²) in [5, 5.41) is 18.9. The molecule has 6 nitrogen and oxygen atoms in total. The molecule has 1 rings (SSSR count). The van der Waals surface area contributed by atoms with Crippen molar-refractivity contribution in [3.8, 4) is 0 Å². The highest BCUT2D eigenvalue weighted by Gasteiger charge is 2.47. The van der Waals surface area contributed by atoms with Crippen molar-refractivity contribution in [2.24, 2.45) is 5.41 Å². The average molecular weight is 308 g/mol. The Morgan fingerprint density at radius 3 is 2.50 bits per heavy atom. The number of hydrogen-bond donors (Lipinski definition) is 2. The number of rotatable bonds is 7. The number of carbonyl (C=O) groups excluding carboxylic acids is 1. The number of aliphatic carboxylic acids is 2. The van der Waals surface area contributed by atoms with Crippen LogP contribution in [0.25, 0.3) is 0 Å². The van der Waals surface area contributed by atoms with Gasteiger partial charge in [0.15, 0.2) is 0 Å². The van der Waals surface area contributed by atoms with E-state index in [9.17, 15) is 24.6 Å². The minimum Gasteiger partial charge on any atom is -0.481 e. The first-order valence-corrected chi connectivity index (χ1v) is 6.95. The highest BCUT2D eigenvalue weighted by atomic mass is 16.5. The summed E-state index contributed by atoms with van der Waals surface area (Å²) in [6.45, 7) is 6.72. The molecular formula is C16H20O6. The van der Waals surface area contributed by atoms with Crippen LogP contribution in [-0.4, -0.2) is 34.2 Å². The molecule has 0 heterocycles. The lowest BCUT2D eigenvalue weighted by Gasteiger charge is -2.33. The molecule has 0 aromatic carbocycles. The minimum absolute atomic E-state index is 0.0432. The first-order valence-electron chi connectivity index (χ1n) is 6.95. The molecule has 0 fully saturated rings. The van der Waals surface area contributed by atoms with Crippen molar-refractivity contribution in [1.82, 2.24) is 0 Å². The minimum atomic E-state index is -1.60. The molecule has 1 aliphatic rings. The number of esters is 1. The topological polar surface area (TPSA) is 101 Å². The summed E-state index contributed by atoms with van der Waals surface area (Å²) in [4.78, 5) is 34.8. The van der Waals surface area contributed by atoms with Gasteiger partial charge in [0, 0.05) is 12.0 Å². The van der Waals surface area contributed by atoms with Gasteiger partial charge in [-0.15, -0.1) is 0 Å². The number of hydrogen-bond acceptors (Lipinski definition) is 4. The highest BCUT2D eigenvalue weighted by molar-refractivity contribution is 5.97. The van der Waals surface area contributed by atoms with Crippen molar-refractivity contribution >= 4 is 17.9 Å². The van der Waals surface area contributed by atoms with Gasteiger partial charge < -0.3 is 14.9 Å². The van der Waals surface area contributed by atoms with Crippen LogP contribution in [0.4, 0.5) is 0 Å². The zero-order valence-corrected chi connectivity index (χ0v) is 12.7. The van der Waals surface area contributed by atoms with E-state index in [1.807, 2.05) is 0 Å². The summed E-state index contributed by atoms with van der Waals surface area (Å²) in [6, 6.07) is 0. The van der Waals surface area contributed by atoms with Gasteiger partial charge in [-0.1, -0.05) is 31.7 Å². The van der Waals surface area contributed by atoms with Crippen molar-refractivity contribution in [3.05, 3.63) is 36.0 Å². The first kappa shape index (κ1) is 17.7. The molecule has 2 unspecified atom stereocenters. The summed E-state index contributed by atoms with van der Waals surface area (Å²) in [7, 11) is 0. The van der Waals surface area contributed by atoms with Crippen LogP contribution in [0.3, 0.4) is 0 Å². The van der Waals surface area contributed by atoms with Gasteiger partial charge in [-0.2, -0.15) is 0 Å². The second kappa shape index (κ2) is 7.06. The predicted octanol–water partition coefficient (Wildman–Crippen LogP) is 2.32. The summed E-state index contributed by atoms with van der Waals surface area (Å²) in [5.74, 6) is -3.14. The Kier molecular flexibility index (Phi) is 5.68. The zero-order valence-electron chi connectivity index (χ0n) is 12.7. The fourth-order valence-electron chi connectivity index (χ4n) is 2.37. The molecular weight excluding hydrogens is 288 g/mol. The maximum absolute atomic E-state index is 11.8. The Bertz CT molecular complexity index is 557. The average Bonchev–Trinajstić information content (AvgIpc) is 2.46. The Morgan fingerprint density at radius 2 is 2.05 bits per heavy atom. The van der Waals surface area contributed by atoms with Gasteiger partial charge in [0.1, 0.15) is 11.5 Å². The molecule has 0 saturated heterocycles. The van der Waals surface area contributed by atoms with E-state index in [1.54, 1.807) is 13.0 Å². The number of carboxylic acids is 2. The third kappa shape index (κ3) is 3.63. The van der Waals surface area contributed by atoms with E-state index in [0.29, 0.717) is 6.42 Å². The van der Waals surface area contributed by atoms with Gasteiger partial charge in [0.2, 0.25) is 0 Å². The third-order valence-corrected chi connectivity index (χ3v) is 3.67. The first-order chi connectivity index (χ1) is 10.2. The van der Waals surface area contributed by atoms with Crippen LogP contribution < -0.4 is 0 Å². The molecule has 0 aromatic rings. The van der Waals surface area contributed by atoms with E-state index < -0.39 is 29.4 Å². The predicted molar refractivity (Wildman–Crippen MR) is 79.1 cm³/mol. The van der Waals surface area contributed by atoms with Crippen molar-refractivity contribution in [2.75, 3.05) is 0 Å². The van der Waals surface area contributed by atoms with Crippen LogP contribution in [0, 0.1) is 5.41 Å². The lowest BCUT2D eigenvalue weighted by atomic mass is 9.70. The summed E-state index contributed by atoms with van der Waals surface area (Å²) >= 11 is 0. The van der Waals surface area contributed by atoms with Crippen molar-refractivity contribution in [1.29, 1.82) is 0 Å². The normalized spacial score (nSPS) is 21.6. The standard InChI is InChI=1S/C16H20O6/c1-4-11(22-14(19)10(2)3)9-16(15(20)21)8-6-5-7-12(16)13(17)18/h5-7,11H,2,4,8-9H2,1,3H3,(H,17,18)(H,20,21). The number of carbonyl (C=O) groups is 3. The van der Waals surface area contributed by atoms with Crippen molar-refractivity contribution in [3.63, 3.8) is 0 Å². The zero-order chi connectivity index (χ0) is 16.9. The molecule has 6 heteroatoms. The van der Waals surface area contributed by atoms with Gasteiger partial charge >= 0.3 is 17.9 Å². The molecule has 0 amide bonds. The van der Waals surface area contributed by atoms with Crippen LogP contribution in [0.5, 0.6) is 0 Å². The number of ether oxygens (including phenoxy) is 1. The molecule has 0 aliphatic heterocycles. The van der Waals surface area contributed by atoms with Gasteiger partial charge in [-0.25, -0.2) is 9.59 Å². The summed E-state index contributed by atoms with van der Waals surface area (Å²) < 4.78 is 5.22. The molecule has 0 saturated carbocycles. The Morgan fingerprint density at radius 1 is 1.41 bits per heavy atom. The SMILES string of the molecule is C=C(C)C(=O)OC(CC)CC1(C(=O)O)CC=CC=C1C(=O)O. The van der Waals surface area contributed by atoms with E-state index in [0.717, 1.165) is 0 Å². The maximum Gasteiger partial charge on any atom is 0.333 e. The Hall–Kier alpha value is -2.37. The van der Waals surface area contributed by atoms with Gasteiger partial charge in [0.05, 0.1) is 5.57 Å². The second-order valence-electron chi connectivity index (χ2n) is 5.33. The van der Waals surface area contributed by atoms with Crippen LogP contribution in [0.1, 0.15) is 33.1 Å². The molecule has 120 valence electrons. The van der Waals surface area contributed by atoms with Crippen molar-refractivity contribution < 1.29 is 29.3 Å². The van der Waals surface area contributed by atoms with Crippen LogP contribution in [0.15, 0.2) is 36.0 Å². The van der Waals surface area contributed by atoms with Crippen molar-refractivity contribution in [2.45, 2.75) is 39.2 Å². The van der Waals surface area contributed by atoms with E-state index in [4.69, 9.17) is 4.74 Å². The van der Waals surface area contributed by atoms with Crippen LogP contribution in [0.2, 0.25) is 0 Å². The lowest BCUT2D eigenvalue weighted by molar-refractivity contribution is -0.156. The second-order valence-corrected chi connectivity index (χ2v) is 5.33. The Balaban J connectivity index is 3.10. The van der Waals surface area contributed by atoms with Gasteiger partial charge in [-0.3, -0.25) is 4.79 Å². The number of carboxylic acid groups (broad SMARTS) is 2. The molecule has 2 atom stereocenters. The van der Waals surface area contributed by atoms with Gasteiger partial charge in [0.25, 0.3) is 0 Å². The summed E-state index contributed by atoms with van der Waals surface area (Å²) in [5.41, 5.74) is -1.59. The molecule has 0 radical (unpaired) electrons. The Labute approximate surface area is 128 Å². The molecule has 0 spiro atoms. The van der Waals surface area contributed by atoms with E-state index in [1.165, 1.54) is 19.1 Å². The van der Waals surface area contributed by atoms with E-state index >= 15 is 0 Å². The molecule has 0 bridgehead atoms. The maximum atomic E-state index is 11.8. The van der Waals surface area contributed by atoms with Crippen LogP contribution in [-0.2, 0) is 19.1 Å². The highest BCUT2D eigenvalue weighted by Crippen LogP contribution is 2.41. The number of allylic oxidation sites excluding steroid dienone is 3. The lowest BCUT2D eigenvalue weighted by Crippen LogP contribution is -2.41. The fraction of sp³-hybridized carbons (Fsp3) is 0.438. The smallest absolute Gasteiger partial charge is 0.333 e. The van der Waals surface area contributed by atoms with Crippen LogP contribution >= 0.6 is 0 Å². The fourth-order valence-corrected chi connectivity index (χ4v) is 2.37. The molecule has 1 aliphatic carbocycles. The molecule has 2 N–H and O–H groups in total. The van der Waals surface area contributed by atoms with Gasteiger partial charge in [-0.05, 0) is 19.8 Å². The third-order valence-electron chi connectivity index (χ3n) is 3.67.